The highest BCUT2D eigenvalue weighted by molar-refractivity contribution is 5.80. The number of nitrogens with one attached hydrogen (secondary N) is 1. The molecule has 0 aromatic carbocycles. The Morgan fingerprint density at radius 3 is 2.67 bits per heavy atom. The predicted molar refractivity (Wildman–Crippen MR) is 60.5 cm³/mol. The molecule has 0 radical (unpaired) electrons. The third-order valence-electron chi connectivity index (χ3n) is 3.92. The van der Waals surface area contributed by atoms with E-state index in [4.69, 9.17) is 0 Å². The average Bonchev–Trinajstić information content (AvgIpc) is 2.64. The van der Waals surface area contributed by atoms with Crippen LogP contribution in [0.15, 0.2) is 0 Å². The van der Waals surface area contributed by atoms with Crippen LogP contribution in [-0.4, -0.2) is 36.5 Å². The maximum absolute atomic E-state index is 12.3. The zero-order valence-corrected chi connectivity index (χ0v) is 9.83. The van der Waals surface area contributed by atoms with Crippen molar-refractivity contribution in [1.82, 2.24) is 10.2 Å². The number of carbonyl (C=O) groups excluding carboxylic acids is 1. The van der Waals surface area contributed by atoms with Crippen LogP contribution in [0.4, 0.5) is 0 Å². The molecule has 0 bridgehead atoms. The van der Waals surface area contributed by atoms with Crippen LogP contribution >= 0.6 is 0 Å². The largest absolute Gasteiger partial charge is 0.340 e. The van der Waals surface area contributed by atoms with Gasteiger partial charge < -0.3 is 10.2 Å². The van der Waals surface area contributed by atoms with Gasteiger partial charge in [0.2, 0.25) is 5.91 Å². The van der Waals surface area contributed by atoms with Crippen molar-refractivity contribution in [2.75, 3.05) is 19.6 Å². The van der Waals surface area contributed by atoms with Crippen LogP contribution in [0.2, 0.25) is 0 Å². The average molecular weight is 210 g/mol. The summed E-state index contributed by atoms with van der Waals surface area (Å²) < 4.78 is 0. The van der Waals surface area contributed by atoms with Crippen molar-refractivity contribution < 1.29 is 4.79 Å². The van der Waals surface area contributed by atoms with Crippen molar-refractivity contribution in [2.24, 2.45) is 11.8 Å². The molecule has 2 fully saturated rings. The summed E-state index contributed by atoms with van der Waals surface area (Å²) in [5.41, 5.74) is 0. The molecule has 0 aliphatic carbocycles. The molecule has 0 spiro atoms. The minimum absolute atomic E-state index is 0.227. The van der Waals surface area contributed by atoms with Crippen LogP contribution in [-0.2, 0) is 4.79 Å². The normalized spacial score (nSPS) is 36.9. The molecule has 2 heterocycles. The van der Waals surface area contributed by atoms with Gasteiger partial charge in [0.05, 0.1) is 5.92 Å². The summed E-state index contributed by atoms with van der Waals surface area (Å²) in [5, 5.41) is 3.31. The number of amides is 1. The Hall–Kier alpha value is -0.570. The van der Waals surface area contributed by atoms with Gasteiger partial charge in [0, 0.05) is 19.1 Å². The Morgan fingerprint density at radius 1 is 1.27 bits per heavy atom. The lowest BCUT2D eigenvalue weighted by atomic mass is 9.94. The Bertz CT molecular complexity index is 242. The molecule has 1 unspecified atom stereocenters. The number of rotatable bonds is 1. The van der Waals surface area contributed by atoms with E-state index in [1.54, 1.807) is 0 Å². The van der Waals surface area contributed by atoms with Crippen molar-refractivity contribution in [1.29, 1.82) is 0 Å². The first kappa shape index (κ1) is 10.9. The minimum atomic E-state index is 0.227. The molecule has 86 valence electrons. The maximum atomic E-state index is 12.3. The van der Waals surface area contributed by atoms with Crippen LogP contribution in [0.3, 0.4) is 0 Å². The molecule has 1 amide bonds. The van der Waals surface area contributed by atoms with Crippen molar-refractivity contribution in [2.45, 2.75) is 39.2 Å². The molecule has 0 aromatic heterocycles. The van der Waals surface area contributed by atoms with Crippen LogP contribution in [0.5, 0.6) is 0 Å². The van der Waals surface area contributed by atoms with Gasteiger partial charge in [0.1, 0.15) is 0 Å². The van der Waals surface area contributed by atoms with Crippen LogP contribution in [0, 0.1) is 11.8 Å². The minimum Gasteiger partial charge on any atom is -0.340 e. The second-order valence-corrected chi connectivity index (χ2v) is 5.12. The number of piperidine rings is 1. The van der Waals surface area contributed by atoms with E-state index >= 15 is 0 Å². The lowest BCUT2D eigenvalue weighted by Gasteiger charge is -2.35. The van der Waals surface area contributed by atoms with Gasteiger partial charge in [-0.3, -0.25) is 4.79 Å². The standard InChI is InChI=1S/C12H22N2O/c1-9-7-13-8-11(9)12(15)14-6-4-3-5-10(14)2/h9-11,13H,3-8H2,1-2H3/t9-,10?,11-/m1/s1. The van der Waals surface area contributed by atoms with Crippen molar-refractivity contribution in [3.05, 3.63) is 0 Å². The van der Waals surface area contributed by atoms with Gasteiger partial charge in [-0.05, 0) is 38.6 Å². The summed E-state index contributed by atoms with van der Waals surface area (Å²) in [5.74, 6) is 1.12. The highest BCUT2D eigenvalue weighted by atomic mass is 16.2. The zero-order chi connectivity index (χ0) is 10.8. The lowest BCUT2D eigenvalue weighted by molar-refractivity contribution is -0.139. The Labute approximate surface area is 92.2 Å². The molecule has 0 aromatic rings. The summed E-state index contributed by atoms with van der Waals surface area (Å²) in [6.07, 6.45) is 3.65. The molecule has 3 nitrogen and oxygen atoms in total. The van der Waals surface area contributed by atoms with E-state index in [2.05, 4.69) is 24.1 Å². The fourth-order valence-corrected chi connectivity index (χ4v) is 2.78. The molecule has 3 heteroatoms. The summed E-state index contributed by atoms with van der Waals surface area (Å²) in [6, 6.07) is 0.457. The number of likely N-dealkylation sites (tertiary alicyclic amines) is 1. The van der Waals surface area contributed by atoms with E-state index in [1.165, 1.54) is 19.3 Å². The molecular weight excluding hydrogens is 188 g/mol. The zero-order valence-electron chi connectivity index (χ0n) is 9.83. The molecule has 0 saturated carbocycles. The van der Waals surface area contributed by atoms with Crippen molar-refractivity contribution >= 4 is 5.91 Å². The molecule has 15 heavy (non-hydrogen) atoms. The van der Waals surface area contributed by atoms with Gasteiger partial charge in [-0.25, -0.2) is 0 Å². The molecule has 1 N–H and O–H groups in total. The monoisotopic (exact) mass is 210 g/mol. The number of hydrogen-bond donors (Lipinski definition) is 1. The third kappa shape index (κ3) is 2.17. The SMILES string of the molecule is CC1CCCCN1C(=O)[C@@H]1CNC[C@H]1C. The highest BCUT2D eigenvalue weighted by Crippen LogP contribution is 2.23. The van der Waals surface area contributed by atoms with Gasteiger partial charge in [0.15, 0.2) is 0 Å². The van der Waals surface area contributed by atoms with Gasteiger partial charge in [0.25, 0.3) is 0 Å². The fourth-order valence-electron chi connectivity index (χ4n) is 2.78. The van der Waals surface area contributed by atoms with Crippen LogP contribution in [0.1, 0.15) is 33.1 Å². The Morgan fingerprint density at radius 2 is 2.07 bits per heavy atom. The topological polar surface area (TPSA) is 32.3 Å². The maximum Gasteiger partial charge on any atom is 0.227 e. The molecule has 2 aliphatic heterocycles. The van der Waals surface area contributed by atoms with Crippen LogP contribution < -0.4 is 5.32 Å². The first-order chi connectivity index (χ1) is 7.20. The molecule has 2 saturated heterocycles. The summed E-state index contributed by atoms with van der Waals surface area (Å²) in [4.78, 5) is 14.4. The highest BCUT2D eigenvalue weighted by Gasteiger charge is 2.34. The van der Waals surface area contributed by atoms with E-state index in [0.29, 0.717) is 17.9 Å². The molecule has 3 atom stereocenters. The number of nitrogens with zero attached hydrogens (tertiary/aromatic N) is 1. The Balaban J connectivity index is 1.99. The van der Waals surface area contributed by atoms with E-state index in [9.17, 15) is 4.79 Å². The summed E-state index contributed by atoms with van der Waals surface area (Å²) >= 11 is 0. The van der Waals surface area contributed by atoms with E-state index in [-0.39, 0.29) is 5.92 Å². The van der Waals surface area contributed by atoms with E-state index < -0.39 is 0 Å². The number of hydrogen-bond acceptors (Lipinski definition) is 2. The van der Waals surface area contributed by atoms with Crippen molar-refractivity contribution in [3.8, 4) is 0 Å². The number of carbonyl (C=O) groups is 1. The van der Waals surface area contributed by atoms with Gasteiger partial charge in [-0.15, -0.1) is 0 Å². The third-order valence-corrected chi connectivity index (χ3v) is 3.92. The summed E-state index contributed by atoms with van der Waals surface area (Å²) in [6.45, 7) is 7.21. The Kier molecular flexibility index (Phi) is 3.29. The molecular formula is C12H22N2O. The summed E-state index contributed by atoms with van der Waals surface area (Å²) in [7, 11) is 0. The van der Waals surface area contributed by atoms with Gasteiger partial charge >= 0.3 is 0 Å². The second-order valence-electron chi connectivity index (χ2n) is 5.12. The predicted octanol–water partition coefficient (Wildman–Crippen LogP) is 1.24. The molecule has 2 aliphatic rings. The second kappa shape index (κ2) is 4.52. The van der Waals surface area contributed by atoms with Gasteiger partial charge in [-0.2, -0.15) is 0 Å². The van der Waals surface area contributed by atoms with Gasteiger partial charge in [-0.1, -0.05) is 6.92 Å². The van der Waals surface area contributed by atoms with Crippen LogP contribution in [0.25, 0.3) is 0 Å². The smallest absolute Gasteiger partial charge is 0.227 e. The molecule has 2 rings (SSSR count). The quantitative estimate of drug-likeness (QED) is 0.706. The lowest BCUT2D eigenvalue weighted by Crippen LogP contribution is -2.46. The first-order valence-corrected chi connectivity index (χ1v) is 6.21. The van der Waals surface area contributed by atoms with E-state index in [1.807, 2.05) is 0 Å². The fraction of sp³-hybridized carbons (Fsp3) is 0.917. The van der Waals surface area contributed by atoms with E-state index in [0.717, 1.165) is 19.6 Å². The first-order valence-electron chi connectivity index (χ1n) is 6.21. The van der Waals surface area contributed by atoms with Crippen molar-refractivity contribution in [3.63, 3.8) is 0 Å².